The number of thioether (sulfide) groups is 1. The Morgan fingerprint density at radius 3 is 2.42 bits per heavy atom. The molecule has 0 radical (unpaired) electrons. The van der Waals surface area contributed by atoms with E-state index in [1.807, 2.05) is 31.2 Å². The summed E-state index contributed by atoms with van der Waals surface area (Å²) in [6, 6.07) is 7.79. The number of aromatic nitrogens is 1. The second-order valence-electron chi connectivity index (χ2n) is 8.27. The highest BCUT2D eigenvalue weighted by atomic mass is 32.2. The Balaban J connectivity index is 1.36. The zero-order valence-electron chi connectivity index (χ0n) is 14.0. The van der Waals surface area contributed by atoms with E-state index in [0.29, 0.717) is 11.0 Å². The van der Waals surface area contributed by atoms with Crippen LogP contribution in [0.5, 0.6) is 0 Å². The summed E-state index contributed by atoms with van der Waals surface area (Å²) in [7, 11) is 0. The first-order chi connectivity index (χ1) is 11.6. The van der Waals surface area contributed by atoms with E-state index in [2.05, 4.69) is 4.98 Å². The molecule has 3 nitrogen and oxygen atoms in total. The van der Waals surface area contributed by atoms with E-state index in [1.54, 1.807) is 0 Å². The maximum absolute atomic E-state index is 13.3. The molecule has 24 heavy (non-hydrogen) atoms. The number of nitrogens with zero attached hydrogens (tertiary/aromatic N) is 1. The summed E-state index contributed by atoms with van der Waals surface area (Å²) in [4.78, 5) is 17.9. The SMILES string of the molecule is CC(Sc1nc2ccccc2o1)C(=O)C12CC3CC(CC(C3)C1)C2. The Morgan fingerprint density at radius 1 is 1.17 bits per heavy atom. The van der Waals surface area contributed by atoms with E-state index in [1.165, 1.54) is 31.0 Å². The van der Waals surface area contributed by atoms with Crippen molar-refractivity contribution in [3.8, 4) is 0 Å². The quantitative estimate of drug-likeness (QED) is 0.726. The third kappa shape index (κ3) is 2.33. The van der Waals surface area contributed by atoms with Gasteiger partial charge in [0.25, 0.3) is 5.22 Å². The minimum atomic E-state index is -0.0747. The Labute approximate surface area is 146 Å². The summed E-state index contributed by atoms with van der Waals surface area (Å²) in [6.45, 7) is 2.04. The largest absolute Gasteiger partial charge is 0.431 e. The molecule has 6 rings (SSSR count). The third-order valence-electron chi connectivity index (χ3n) is 6.48. The van der Waals surface area contributed by atoms with Crippen molar-refractivity contribution in [1.82, 2.24) is 4.98 Å². The first-order valence-corrected chi connectivity index (χ1v) is 10.1. The van der Waals surface area contributed by atoms with E-state index in [-0.39, 0.29) is 10.7 Å². The van der Waals surface area contributed by atoms with Crippen molar-refractivity contribution < 1.29 is 9.21 Å². The van der Waals surface area contributed by atoms with Crippen LogP contribution in [0.2, 0.25) is 0 Å². The molecule has 0 saturated heterocycles. The van der Waals surface area contributed by atoms with E-state index in [9.17, 15) is 4.79 Å². The Kier molecular flexibility index (Phi) is 3.35. The molecule has 4 fully saturated rings. The lowest BCUT2D eigenvalue weighted by atomic mass is 9.48. The van der Waals surface area contributed by atoms with Gasteiger partial charge in [-0.1, -0.05) is 23.9 Å². The van der Waals surface area contributed by atoms with Crippen LogP contribution in [0, 0.1) is 23.2 Å². The molecular weight excluding hydrogens is 318 g/mol. The lowest BCUT2D eigenvalue weighted by Gasteiger charge is -2.56. The molecule has 1 unspecified atom stereocenters. The molecule has 4 saturated carbocycles. The van der Waals surface area contributed by atoms with Gasteiger partial charge in [0.15, 0.2) is 11.4 Å². The van der Waals surface area contributed by atoms with Gasteiger partial charge in [-0.15, -0.1) is 0 Å². The Morgan fingerprint density at radius 2 is 1.79 bits per heavy atom. The average Bonchev–Trinajstić information content (AvgIpc) is 2.95. The summed E-state index contributed by atoms with van der Waals surface area (Å²) >= 11 is 1.50. The molecule has 0 spiro atoms. The fourth-order valence-electron chi connectivity index (χ4n) is 5.95. The predicted molar refractivity (Wildman–Crippen MR) is 94.9 cm³/mol. The van der Waals surface area contributed by atoms with Crippen LogP contribution >= 0.6 is 11.8 Å². The fourth-order valence-corrected chi connectivity index (χ4v) is 6.90. The van der Waals surface area contributed by atoms with Gasteiger partial charge in [0.1, 0.15) is 5.52 Å². The van der Waals surface area contributed by atoms with Crippen LogP contribution in [0.15, 0.2) is 33.9 Å². The molecule has 4 aliphatic carbocycles. The Hall–Kier alpha value is -1.29. The summed E-state index contributed by atoms with van der Waals surface area (Å²) in [5.74, 6) is 2.87. The van der Waals surface area contributed by atoms with Crippen molar-refractivity contribution in [3.63, 3.8) is 0 Å². The number of ketones is 1. The highest BCUT2D eigenvalue weighted by Gasteiger charge is 2.55. The first kappa shape index (κ1) is 15.0. The van der Waals surface area contributed by atoms with Gasteiger partial charge < -0.3 is 4.42 Å². The van der Waals surface area contributed by atoms with Crippen molar-refractivity contribution in [3.05, 3.63) is 24.3 Å². The van der Waals surface area contributed by atoms with E-state index in [4.69, 9.17) is 4.42 Å². The number of rotatable bonds is 4. The summed E-state index contributed by atoms with van der Waals surface area (Å²) < 4.78 is 5.81. The smallest absolute Gasteiger partial charge is 0.257 e. The maximum atomic E-state index is 13.3. The standard InChI is InChI=1S/C20H23NO2S/c1-12(24-19-21-16-4-2-3-5-17(16)23-19)18(22)20-9-13-6-14(10-20)8-15(7-13)11-20/h2-5,12-15H,6-11H2,1H3. The lowest BCUT2D eigenvalue weighted by molar-refractivity contribution is -0.143. The normalized spacial score (nSPS) is 35.5. The molecule has 1 aromatic heterocycles. The van der Waals surface area contributed by atoms with Crippen LogP contribution in [0.25, 0.3) is 11.1 Å². The van der Waals surface area contributed by atoms with Gasteiger partial charge in [-0.25, -0.2) is 4.98 Å². The minimum absolute atomic E-state index is 0.0345. The van der Waals surface area contributed by atoms with Gasteiger partial charge in [0, 0.05) is 5.41 Å². The molecule has 4 aliphatic rings. The first-order valence-electron chi connectivity index (χ1n) is 9.18. The van der Waals surface area contributed by atoms with Crippen LogP contribution in [0.3, 0.4) is 0 Å². The van der Waals surface area contributed by atoms with Crippen molar-refractivity contribution >= 4 is 28.6 Å². The minimum Gasteiger partial charge on any atom is -0.431 e. The van der Waals surface area contributed by atoms with Crippen LogP contribution in [-0.4, -0.2) is 16.0 Å². The van der Waals surface area contributed by atoms with Gasteiger partial charge in [-0.3, -0.25) is 4.79 Å². The fraction of sp³-hybridized carbons (Fsp3) is 0.600. The second kappa shape index (κ2) is 5.35. The van der Waals surface area contributed by atoms with Gasteiger partial charge in [-0.05, 0) is 75.3 Å². The number of oxazole rings is 1. The van der Waals surface area contributed by atoms with E-state index in [0.717, 1.165) is 48.1 Å². The zero-order chi connectivity index (χ0) is 16.3. The molecule has 0 amide bonds. The topological polar surface area (TPSA) is 43.1 Å². The highest BCUT2D eigenvalue weighted by molar-refractivity contribution is 8.00. The van der Waals surface area contributed by atoms with Crippen LogP contribution in [0.1, 0.15) is 45.4 Å². The van der Waals surface area contributed by atoms with Crippen molar-refractivity contribution in [2.45, 2.75) is 55.9 Å². The van der Waals surface area contributed by atoms with Gasteiger partial charge in [-0.2, -0.15) is 0 Å². The molecular formula is C20H23NO2S. The van der Waals surface area contributed by atoms with E-state index >= 15 is 0 Å². The number of hydrogen-bond acceptors (Lipinski definition) is 4. The Bertz CT molecular complexity index is 728. The number of benzene rings is 1. The number of fused-ring (bicyclic) bond motifs is 1. The molecule has 126 valence electrons. The van der Waals surface area contributed by atoms with Crippen LogP contribution in [0.4, 0.5) is 0 Å². The number of carbonyl (C=O) groups is 1. The third-order valence-corrected chi connectivity index (χ3v) is 7.43. The predicted octanol–water partition coefficient (Wildman–Crippen LogP) is 5.09. The number of Topliss-reactive ketones (excluding diaryl/α,β-unsaturated/α-hetero) is 1. The van der Waals surface area contributed by atoms with E-state index < -0.39 is 0 Å². The summed E-state index contributed by atoms with van der Waals surface area (Å²) in [5.41, 5.74) is 1.64. The molecule has 1 atom stereocenters. The van der Waals surface area contributed by atoms with Crippen molar-refractivity contribution in [1.29, 1.82) is 0 Å². The second-order valence-corrected chi connectivity index (χ2v) is 9.56. The lowest BCUT2D eigenvalue weighted by Crippen LogP contribution is -2.51. The molecule has 1 aromatic carbocycles. The molecule has 1 heterocycles. The number of carbonyl (C=O) groups excluding carboxylic acids is 1. The van der Waals surface area contributed by atoms with Crippen LogP contribution in [-0.2, 0) is 4.79 Å². The molecule has 2 aromatic rings. The van der Waals surface area contributed by atoms with Gasteiger partial charge >= 0.3 is 0 Å². The summed E-state index contributed by atoms with van der Waals surface area (Å²) in [6.07, 6.45) is 7.53. The van der Waals surface area contributed by atoms with Gasteiger partial charge in [0.05, 0.1) is 5.25 Å². The van der Waals surface area contributed by atoms with Crippen molar-refractivity contribution in [2.24, 2.45) is 23.2 Å². The summed E-state index contributed by atoms with van der Waals surface area (Å²) in [5, 5.41) is 0.552. The maximum Gasteiger partial charge on any atom is 0.257 e. The van der Waals surface area contributed by atoms with Crippen LogP contribution < -0.4 is 0 Å². The molecule has 4 bridgehead atoms. The number of para-hydroxylation sites is 2. The van der Waals surface area contributed by atoms with Gasteiger partial charge in [0.2, 0.25) is 0 Å². The highest BCUT2D eigenvalue weighted by Crippen LogP contribution is 2.61. The van der Waals surface area contributed by atoms with Crippen molar-refractivity contribution in [2.75, 3.05) is 0 Å². The molecule has 0 aliphatic heterocycles. The average molecular weight is 341 g/mol. The molecule has 4 heteroatoms. The number of hydrogen-bond donors (Lipinski definition) is 0. The zero-order valence-corrected chi connectivity index (χ0v) is 14.8. The molecule has 0 N–H and O–H groups in total. The monoisotopic (exact) mass is 341 g/mol.